The van der Waals surface area contributed by atoms with Crippen LogP contribution in [0.25, 0.3) is 0 Å². The van der Waals surface area contributed by atoms with E-state index in [1.54, 1.807) is 6.20 Å². The number of esters is 1. The topological polar surface area (TPSA) is 44.1 Å². The number of aromatic nitrogens is 2. The summed E-state index contributed by atoms with van der Waals surface area (Å²) < 4.78 is 6.90. The predicted octanol–water partition coefficient (Wildman–Crippen LogP) is 1.86. The molecule has 0 aliphatic rings. The molecule has 0 bridgehead atoms. The zero-order valence-corrected chi connectivity index (χ0v) is 9.92. The van der Waals surface area contributed by atoms with E-state index in [1.165, 1.54) is 11.8 Å². The zero-order chi connectivity index (χ0) is 11.1. The number of aryl methyl sites for hydroxylation is 1. The first-order chi connectivity index (χ1) is 7.24. The molecule has 0 unspecified atom stereocenters. The Morgan fingerprint density at radius 2 is 2.47 bits per heavy atom. The van der Waals surface area contributed by atoms with Gasteiger partial charge in [0, 0.05) is 19.4 Å². The zero-order valence-electron chi connectivity index (χ0n) is 9.10. The highest BCUT2D eigenvalue weighted by Crippen LogP contribution is 2.14. The van der Waals surface area contributed by atoms with Crippen molar-refractivity contribution in [3.8, 4) is 0 Å². The van der Waals surface area contributed by atoms with E-state index in [0.29, 0.717) is 12.4 Å². The normalized spacial score (nSPS) is 10.3. The number of thioether (sulfide) groups is 1. The summed E-state index contributed by atoms with van der Waals surface area (Å²) in [7, 11) is 1.90. The molecule has 0 radical (unpaired) electrons. The molecule has 4 nitrogen and oxygen atoms in total. The molecule has 0 saturated carbocycles. The number of nitrogens with zero attached hydrogens (tertiary/aromatic N) is 2. The molecule has 0 spiro atoms. The summed E-state index contributed by atoms with van der Waals surface area (Å²) in [5.74, 6) is 0.158. The second kappa shape index (κ2) is 6.50. The van der Waals surface area contributed by atoms with Gasteiger partial charge in [-0.2, -0.15) is 0 Å². The first kappa shape index (κ1) is 12.1. The molecule has 1 rings (SSSR count). The van der Waals surface area contributed by atoms with E-state index in [4.69, 9.17) is 4.74 Å². The molecular formula is C10H16N2O2S. The summed E-state index contributed by atoms with van der Waals surface area (Å²) in [6, 6.07) is 0. The van der Waals surface area contributed by atoms with Gasteiger partial charge in [0.15, 0.2) is 5.16 Å². The van der Waals surface area contributed by atoms with Crippen molar-refractivity contribution in [1.82, 2.24) is 9.55 Å². The third kappa shape index (κ3) is 4.38. The standard InChI is InChI=1S/C10H16N2O2S/c1-3-4-7-14-9(13)8-15-10-11-5-6-12(10)2/h5-6H,3-4,7-8H2,1-2H3. The Morgan fingerprint density at radius 1 is 1.67 bits per heavy atom. The third-order valence-corrected chi connectivity index (χ3v) is 2.89. The van der Waals surface area contributed by atoms with Gasteiger partial charge in [0.25, 0.3) is 0 Å². The number of ether oxygens (including phenoxy) is 1. The SMILES string of the molecule is CCCCOC(=O)CSc1nccn1C. The fourth-order valence-corrected chi connectivity index (χ4v) is 1.72. The smallest absolute Gasteiger partial charge is 0.316 e. The van der Waals surface area contributed by atoms with Gasteiger partial charge in [-0.15, -0.1) is 0 Å². The molecule has 0 aromatic carbocycles. The van der Waals surface area contributed by atoms with E-state index in [0.717, 1.165) is 18.0 Å². The van der Waals surface area contributed by atoms with Crippen LogP contribution in [0.4, 0.5) is 0 Å². The minimum atomic E-state index is -0.170. The van der Waals surface area contributed by atoms with Crippen LogP contribution in [0.3, 0.4) is 0 Å². The van der Waals surface area contributed by atoms with Crippen LogP contribution in [-0.2, 0) is 16.6 Å². The van der Waals surface area contributed by atoms with Gasteiger partial charge in [0.2, 0.25) is 0 Å². The summed E-state index contributed by atoms with van der Waals surface area (Å²) in [5.41, 5.74) is 0. The highest BCUT2D eigenvalue weighted by Gasteiger charge is 2.06. The molecule has 0 saturated heterocycles. The number of rotatable bonds is 6. The van der Waals surface area contributed by atoms with Crippen molar-refractivity contribution < 1.29 is 9.53 Å². The fourth-order valence-electron chi connectivity index (χ4n) is 0.986. The van der Waals surface area contributed by atoms with E-state index >= 15 is 0 Å². The number of hydrogen-bond donors (Lipinski definition) is 0. The van der Waals surface area contributed by atoms with Gasteiger partial charge in [-0.05, 0) is 6.42 Å². The Labute approximate surface area is 94.0 Å². The lowest BCUT2D eigenvalue weighted by atomic mass is 10.4. The maximum Gasteiger partial charge on any atom is 0.316 e. The second-order valence-electron chi connectivity index (χ2n) is 3.18. The van der Waals surface area contributed by atoms with E-state index < -0.39 is 0 Å². The van der Waals surface area contributed by atoms with Gasteiger partial charge in [-0.1, -0.05) is 25.1 Å². The molecule has 0 aliphatic carbocycles. The van der Waals surface area contributed by atoms with Gasteiger partial charge >= 0.3 is 5.97 Å². The van der Waals surface area contributed by atoms with Gasteiger partial charge in [-0.25, -0.2) is 4.98 Å². The molecule has 84 valence electrons. The molecule has 15 heavy (non-hydrogen) atoms. The summed E-state index contributed by atoms with van der Waals surface area (Å²) in [5, 5.41) is 0.836. The van der Waals surface area contributed by atoms with Crippen molar-refractivity contribution in [2.45, 2.75) is 24.9 Å². The van der Waals surface area contributed by atoms with Crippen molar-refractivity contribution in [3.05, 3.63) is 12.4 Å². The van der Waals surface area contributed by atoms with Crippen molar-refractivity contribution in [2.24, 2.45) is 7.05 Å². The maximum absolute atomic E-state index is 11.2. The highest BCUT2D eigenvalue weighted by molar-refractivity contribution is 7.99. The molecular weight excluding hydrogens is 212 g/mol. The number of hydrogen-bond acceptors (Lipinski definition) is 4. The Bertz CT molecular complexity index is 312. The van der Waals surface area contributed by atoms with Crippen molar-refractivity contribution >= 4 is 17.7 Å². The van der Waals surface area contributed by atoms with E-state index in [1.807, 2.05) is 17.8 Å². The van der Waals surface area contributed by atoms with Crippen LogP contribution < -0.4 is 0 Å². The minimum absolute atomic E-state index is 0.170. The number of carbonyl (C=O) groups excluding carboxylic acids is 1. The van der Waals surface area contributed by atoms with E-state index in [2.05, 4.69) is 11.9 Å². The maximum atomic E-state index is 11.2. The first-order valence-electron chi connectivity index (χ1n) is 4.99. The van der Waals surface area contributed by atoms with Crippen LogP contribution in [-0.4, -0.2) is 27.9 Å². The Kier molecular flexibility index (Phi) is 5.25. The molecule has 1 aromatic rings. The lowest BCUT2D eigenvalue weighted by Crippen LogP contribution is -2.08. The summed E-state index contributed by atoms with van der Waals surface area (Å²) >= 11 is 1.40. The summed E-state index contributed by atoms with van der Waals surface area (Å²) in [4.78, 5) is 15.3. The van der Waals surface area contributed by atoms with Crippen LogP contribution in [0.2, 0.25) is 0 Å². The van der Waals surface area contributed by atoms with Gasteiger partial charge in [0.05, 0.1) is 12.4 Å². The van der Waals surface area contributed by atoms with Crippen LogP contribution >= 0.6 is 11.8 Å². The van der Waals surface area contributed by atoms with Crippen LogP contribution in [0.5, 0.6) is 0 Å². The lowest BCUT2D eigenvalue weighted by molar-refractivity contribution is -0.140. The van der Waals surface area contributed by atoms with E-state index in [9.17, 15) is 4.79 Å². The summed E-state index contributed by atoms with van der Waals surface area (Å²) in [6.07, 6.45) is 5.54. The highest BCUT2D eigenvalue weighted by atomic mass is 32.2. The minimum Gasteiger partial charge on any atom is -0.465 e. The second-order valence-corrected chi connectivity index (χ2v) is 4.13. The number of imidazole rings is 1. The van der Waals surface area contributed by atoms with Gasteiger partial charge in [-0.3, -0.25) is 4.79 Å². The Morgan fingerprint density at radius 3 is 3.07 bits per heavy atom. The van der Waals surface area contributed by atoms with Crippen molar-refractivity contribution in [2.75, 3.05) is 12.4 Å². The number of unbranched alkanes of at least 4 members (excludes halogenated alkanes) is 1. The number of carbonyl (C=O) groups is 1. The van der Waals surface area contributed by atoms with Crippen molar-refractivity contribution in [1.29, 1.82) is 0 Å². The first-order valence-corrected chi connectivity index (χ1v) is 5.98. The molecule has 0 amide bonds. The Hall–Kier alpha value is -0.970. The quantitative estimate of drug-likeness (QED) is 0.423. The third-order valence-electron chi connectivity index (χ3n) is 1.86. The molecule has 0 atom stereocenters. The van der Waals surface area contributed by atoms with Gasteiger partial charge in [0.1, 0.15) is 0 Å². The average Bonchev–Trinajstić information content (AvgIpc) is 2.61. The Balaban J connectivity index is 2.20. The van der Waals surface area contributed by atoms with Crippen LogP contribution in [0.1, 0.15) is 19.8 Å². The van der Waals surface area contributed by atoms with Crippen LogP contribution in [0.15, 0.2) is 17.6 Å². The monoisotopic (exact) mass is 228 g/mol. The average molecular weight is 228 g/mol. The largest absolute Gasteiger partial charge is 0.465 e. The fraction of sp³-hybridized carbons (Fsp3) is 0.600. The molecule has 0 aliphatic heterocycles. The predicted molar refractivity (Wildman–Crippen MR) is 59.8 cm³/mol. The van der Waals surface area contributed by atoms with E-state index in [-0.39, 0.29) is 5.97 Å². The van der Waals surface area contributed by atoms with Crippen molar-refractivity contribution in [3.63, 3.8) is 0 Å². The molecule has 1 aromatic heterocycles. The molecule has 1 heterocycles. The molecule has 0 fully saturated rings. The lowest BCUT2D eigenvalue weighted by Gasteiger charge is -2.03. The molecule has 5 heteroatoms. The van der Waals surface area contributed by atoms with Gasteiger partial charge < -0.3 is 9.30 Å². The van der Waals surface area contributed by atoms with Crippen LogP contribution in [0, 0.1) is 0 Å². The molecule has 0 N–H and O–H groups in total. The summed E-state index contributed by atoms with van der Waals surface area (Å²) in [6.45, 7) is 2.59.